The van der Waals surface area contributed by atoms with Gasteiger partial charge in [0.15, 0.2) is 11.6 Å². The van der Waals surface area contributed by atoms with Crippen LogP contribution in [0, 0.1) is 33.9 Å². The minimum absolute atomic E-state index is 0.0259. The highest BCUT2D eigenvalue weighted by atomic mass is 19.1. The van der Waals surface area contributed by atoms with E-state index in [2.05, 4.69) is 0 Å². The van der Waals surface area contributed by atoms with E-state index in [9.17, 15) is 14.4 Å². The van der Waals surface area contributed by atoms with Crippen molar-refractivity contribution in [1.29, 1.82) is 5.26 Å². The Hall–Kier alpha value is -2.87. The summed E-state index contributed by atoms with van der Waals surface area (Å²) in [5.41, 5.74) is -0.00224. The molecule has 1 aliphatic carbocycles. The molecule has 0 N–H and O–H groups in total. The first-order chi connectivity index (χ1) is 12.7. The Balaban J connectivity index is 1.79. The van der Waals surface area contributed by atoms with Crippen molar-refractivity contribution in [1.82, 2.24) is 0 Å². The van der Waals surface area contributed by atoms with Crippen molar-refractivity contribution < 1.29 is 18.7 Å². The molecule has 2 aromatic carbocycles. The van der Waals surface area contributed by atoms with Crippen LogP contribution in [0.3, 0.4) is 0 Å². The number of esters is 1. The van der Waals surface area contributed by atoms with Gasteiger partial charge in [0.25, 0.3) is 0 Å². The van der Waals surface area contributed by atoms with Crippen LogP contribution in [-0.2, 0) is 9.53 Å². The summed E-state index contributed by atoms with van der Waals surface area (Å²) < 4.78 is 25.1. The zero-order chi connectivity index (χ0) is 19.8. The zero-order valence-corrected chi connectivity index (χ0v) is 15.8. The van der Waals surface area contributed by atoms with Gasteiger partial charge in [0.05, 0.1) is 5.92 Å². The number of hydrogen-bond donors (Lipinski definition) is 0. The van der Waals surface area contributed by atoms with Crippen LogP contribution in [0.25, 0.3) is 0 Å². The quantitative estimate of drug-likeness (QED) is 0.663. The largest absolute Gasteiger partial charge is 0.454 e. The van der Waals surface area contributed by atoms with E-state index < -0.39 is 17.9 Å². The molecule has 4 nitrogen and oxygen atoms in total. The Morgan fingerprint density at radius 2 is 1.74 bits per heavy atom. The maximum Gasteiger partial charge on any atom is 0.311 e. The molecule has 1 saturated carbocycles. The normalized spacial score (nSPS) is 18.2. The molecule has 0 aromatic heterocycles. The SMILES string of the molecule is CC1(C)C(C(=O)O[C@H](C#N)c2ccc(F)c(Oc3ccccc3)c2)C1(C)C. The Bertz CT molecular complexity index is 886. The average molecular weight is 367 g/mol. The van der Waals surface area contributed by atoms with Crippen LogP contribution in [0.5, 0.6) is 11.5 Å². The molecule has 140 valence electrons. The van der Waals surface area contributed by atoms with Crippen LogP contribution in [0.2, 0.25) is 0 Å². The van der Waals surface area contributed by atoms with Crippen molar-refractivity contribution in [3.8, 4) is 17.6 Å². The first kappa shape index (κ1) is 18.9. The van der Waals surface area contributed by atoms with Gasteiger partial charge in [-0.3, -0.25) is 4.79 Å². The summed E-state index contributed by atoms with van der Waals surface area (Å²) >= 11 is 0. The first-order valence-electron chi connectivity index (χ1n) is 8.81. The second-order valence-corrected chi connectivity index (χ2v) is 7.93. The molecule has 0 aliphatic heterocycles. The highest BCUT2D eigenvalue weighted by molar-refractivity contribution is 5.79. The minimum Gasteiger partial charge on any atom is -0.454 e. The Morgan fingerprint density at radius 1 is 1.11 bits per heavy atom. The summed E-state index contributed by atoms with van der Waals surface area (Å²) in [5.74, 6) is -0.801. The predicted octanol–water partition coefficient (Wildman–Crippen LogP) is 5.41. The number of hydrogen-bond acceptors (Lipinski definition) is 4. The monoisotopic (exact) mass is 367 g/mol. The molecule has 0 saturated heterocycles. The average Bonchev–Trinajstić information content (AvgIpc) is 3.04. The minimum atomic E-state index is -1.12. The van der Waals surface area contributed by atoms with Gasteiger partial charge in [0.1, 0.15) is 11.8 Å². The van der Waals surface area contributed by atoms with Gasteiger partial charge in [-0.15, -0.1) is 0 Å². The lowest BCUT2D eigenvalue weighted by atomic mass is 10.0. The van der Waals surface area contributed by atoms with E-state index in [0.29, 0.717) is 11.3 Å². The van der Waals surface area contributed by atoms with Crippen molar-refractivity contribution in [2.45, 2.75) is 33.8 Å². The standard InChI is InChI=1S/C22H22FNO3/c1-21(2)19(22(21,3)4)20(25)27-18(13-24)14-10-11-16(23)17(12-14)26-15-8-6-5-7-9-15/h5-12,18-19H,1-4H3/t18-/m1/s1. The number of nitriles is 1. The molecule has 1 aliphatic rings. The molecule has 3 rings (SSSR count). The molecule has 0 heterocycles. The molecular formula is C22H22FNO3. The third-order valence-corrected chi connectivity index (χ3v) is 5.84. The first-order valence-corrected chi connectivity index (χ1v) is 8.81. The summed E-state index contributed by atoms with van der Waals surface area (Å²) in [7, 11) is 0. The third-order valence-electron chi connectivity index (χ3n) is 5.84. The van der Waals surface area contributed by atoms with E-state index in [-0.39, 0.29) is 22.5 Å². The van der Waals surface area contributed by atoms with Gasteiger partial charge in [0, 0.05) is 5.56 Å². The van der Waals surface area contributed by atoms with Crippen molar-refractivity contribution >= 4 is 5.97 Å². The topological polar surface area (TPSA) is 59.3 Å². The molecule has 1 atom stereocenters. The fourth-order valence-corrected chi connectivity index (χ4v) is 3.52. The van der Waals surface area contributed by atoms with Crippen LogP contribution in [0.4, 0.5) is 4.39 Å². The number of carbonyl (C=O) groups excluding carboxylic acids is 1. The molecule has 0 amide bonds. The molecule has 0 bridgehead atoms. The molecule has 5 heteroatoms. The molecular weight excluding hydrogens is 345 g/mol. The van der Waals surface area contributed by atoms with E-state index in [4.69, 9.17) is 9.47 Å². The number of para-hydroxylation sites is 1. The van der Waals surface area contributed by atoms with Crippen molar-refractivity contribution in [2.75, 3.05) is 0 Å². The highest BCUT2D eigenvalue weighted by Crippen LogP contribution is 2.68. The van der Waals surface area contributed by atoms with Gasteiger partial charge in [-0.05, 0) is 35.1 Å². The van der Waals surface area contributed by atoms with Gasteiger partial charge < -0.3 is 9.47 Å². The number of ether oxygens (including phenoxy) is 2. The zero-order valence-electron chi connectivity index (χ0n) is 15.8. The van der Waals surface area contributed by atoms with E-state index >= 15 is 0 Å². The summed E-state index contributed by atoms with van der Waals surface area (Å²) in [6, 6.07) is 14.8. The number of nitrogens with zero attached hydrogens (tertiary/aromatic N) is 1. The van der Waals surface area contributed by atoms with E-state index in [1.54, 1.807) is 24.3 Å². The van der Waals surface area contributed by atoms with Gasteiger partial charge in [-0.2, -0.15) is 5.26 Å². The lowest BCUT2D eigenvalue weighted by molar-refractivity contribution is -0.150. The smallest absolute Gasteiger partial charge is 0.311 e. The summed E-state index contributed by atoms with van der Waals surface area (Å²) in [6.45, 7) is 8.02. The summed E-state index contributed by atoms with van der Waals surface area (Å²) in [5, 5.41) is 9.48. The van der Waals surface area contributed by atoms with E-state index in [1.165, 1.54) is 18.2 Å². The Labute approximate surface area is 158 Å². The second kappa shape index (κ2) is 6.70. The summed E-state index contributed by atoms with van der Waals surface area (Å²) in [4.78, 5) is 12.5. The summed E-state index contributed by atoms with van der Waals surface area (Å²) in [6.07, 6.45) is -1.12. The molecule has 0 unspecified atom stereocenters. The number of rotatable bonds is 5. The highest BCUT2D eigenvalue weighted by Gasteiger charge is 2.69. The van der Waals surface area contributed by atoms with Crippen molar-refractivity contribution in [3.63, 3.8) is 0 Å². The van der Waals surface area contributed by atoms with E-state index in [1.807, 2.05) is 39.8 Å². The fraction of sp³-hybridized carbons (Fsp3) is 0.364. The Kier molecular flexibility index (Phi) is 4.69. The van der Waals surface area contributed by atoms with E-state index in [0.717, 1.165) is 0 Å². The number of benzene rings is 2. The van der Waals surface area contributed by atoms with Gasteiger partial charge in [-0.25, -0.2) is 4.39 Å². The maximum atomic E-state index is 14.1. The second-order valence-electron chi connectivity index (χ2n) is 7.93. The molecule has 2 aromatic rings. The van der Waals surface area contributed by atoms with Gasteiger partial charge in [0.2, 0.25) is 6.10 Å². The molecule has 0 spiro atoms. The molecule has 1 fully saturated rings. The van der Waals surface area contributed by atoms with Crippen LogP contribution in [-0.4, -0.2) is 5.97 Å². The fourth-order valence-electron chi connectivity index (χ4n) is 3.52. The van der Waals surface area contributed by atoms with Gasteiger partial charge >= 0.3 is 5.97 Å². The number of carbonyl (C=O) groups is 1. The third kappa shape index (κ3) is 3.40. The Morgan fingerprint density at radius 3 is 2.30 bits per heavy atom. The van der Waals surface area contributed by atoms with Crippen LogP contribution >= 0.6 is 0 Å². The lowest BCUT2D eigenvalue weighted by Crippen LogP contribution is -2.15. The van der Waals surface area contributed by atoms with Crippen LogP contribution in [0.1, 0.15) is 39.4 Å². The van der Waals surface area contributed by atoms with Crippen LogP contribution < -0.4 is 4.74 Å². The van der Waals surface area contributed by atoms with Crippen molar-refractivity contribution in [3.05, 3.63) is 59.9 Å². The predicted molar refractivity (Wildman–Crippen MR) is 98.4 cm³/mol. The molecule has 27 heavy (non-hydrogen) atoms. The lowest BCUT2D eigenvalue weighted by Gasteiger charge is -2.14. The number of halogens is 1. The van der Waals surface area contributed by atoms with Crippen LogP contribution in [0.15, 0.2) is 48.5 Å². The van der Waals surface area contributed by atoms with Crippen molar-refractivity contribution in [2.24, 2.45) is 16.7 Å². The maximum absolute atomic E-state index is 14.1. The van der Waals surface area contributed by atoms with Gasteiger partial charge in [-0.1, -0.05) is 52.0 Å². The molecule has 0 radical (unpaired) electrons.